The van der Waals surface area contributed by atoms with Crippen LogP contribution in [-0.4, -0.2) is 31.6 Å². The molecule has 0 bridgehead atoms. The highest BCUT2D eigenvalue weighted by Crippen LogP contribution is 2.21. The number of ether oxygens (including phenoxy) is 1. The second-order valence-corrected chi connectivity index (χ2v) is 7.35. The molecule has 1 aromatic heterocycles. The van der Waals surface area contributed by atoms with Crippen molar-refractivity contribution in [1.29, 1.82) is 0 Å². The molecule has 0 aliphatic carbocycles. The van der Waals surface area contributed by atoms with Crippen molar-refractivity contribution < 1.29 is 4.74 Å². The second-order valence-electron chi connectivity index (χ2n) is 6.41. The molecule has 0 amide bonds. The summed E-state index contributed by atoms with van der Waals surface area (Å²) in [5, 5.41) is 9.81. The normalized spacial score (nSPS) is 10.9. The van der Waals surface area contributed by atoms with Gasteiger partial charge in [0.05, 0.1) is 19.3 Å². The average Bonchev–Trinajstić information content (AvgIpc) is 3.20. The summed E-state index contributed by atoms with van der Waals surface area (Å²) in [6.45, 7) is 3.51. The lowest BCUT2D eigenvalue weighted by molar-refractivity contribution is 0.409. The van der Waals surface area contributed by atoms with Gasteiger partial charge in [-0.1, -0.05) is 48.0 Å². The van der Waals surface area contributed by atoms with Crippen LogP contribution in [0.2, 0.25) is 0 Å². The van der Waals surface area contributed by atoms with Crippen molar-refractivity contribution >= 4 is 41.3 Å². The van der Waals surface area contributed by atoms with Crippen molar-refractivity contribution in [2.45, 2.75) is 19.9 Å². The number of guanidine groups is 1. The van der Waals surface area contributed by atoms with Crippen LogP contribution in [0.5, 0.6) is 5.75 Å². The van der Waals surface area contributed by atoms with Crippen LogP contribution < -0.4 is 15.4 Å². The zero-order chi connectivity index (χ0) is 19.8. The molecule has 3 aromatic rings. The van der Waals surface area contributed by atoms with Crippen LogP contribution in [-0.2, 0) is 13.0 Å². The number of aliphatic imine (C=N–C) groups is 1. The van der Waals surface area contributed by atoms with Gasteiger partial charge in [0.25, 0.3) is 0 Å². The molecule has 0 atom stereocenters. The van der Waals surface area contributed by atoms with Crippen molar-refractivity contribution in [3.8, 4) is 17.0 Å². The number of methoxy groups -OCH3 is 1. The maximum atomic E-state index is 5.45. The third-order valence-electron chi connectivity index (χ3n) is 4.37. The zero-order valence-corrected chi connectivity index (χ0v) is 20.1. The van der Waals surface area contributed by atoms with Gasteiger partial charge in [0.2, 0.25) is 0 Å². The number of hydrogen-bond donors (Lipinski definition) is 2. The third-order valence-corrected chi connectivity index (χ3v) is 5.22. The average molecular weight is 522 g/mol. The van der Waals surface area contributed by atoms with Gasteiger partial charge in [-0.05, 0) is 25.0 Å². The van der Waals surface area contributed by atoms with Crippen molar-refractivity contribution in [2.75, 3.05) is 20.7 Å². The molecule has 0 fully saturated rings. The fourth-order valence-corrected chi connectivity index (χ4v) is 3.67. The summed E-state index contributed by atoms with van der Waals surface area (Å²) in [4.78, 5) is 9.00. The number of nitrogens with zero attached hydrogens (tertiary/aromatic N) is 2. The Balaban J connectivity index is 0.00000300. The van der Waals surface area contributed by atoms with E-state index in [2.05, 4.69) is 52.2 Å². The maximum Gasteiger partial charge on any atom is 0.191 e. The Morgan fingerprint density at radius 1 is 1.14 bits per heavy atom. The van der Waals surface area contributed by atoms with Gasteiger partial charge in [-0.15, -0.1) is 35.3 Å². The molecule has 0 radical (unpaired) electrons. The van der Waals surface area contributed by atoms with Gasteiger partial charge in [-0.2, -0.15) is 0 Å². The van der Waals surface area contributed by atoms with E-state index >= 15 is 0 Å². The van der Waals surface area contributed by atoms with E-state index in [1.165, 1.54) is 11.1 Å². The lowest BCUT2D eigenvalue weighted by Gasteiger charge is -2.13. The number of nitrogens with one attached hydrogen (secondary N) is 2. The van der Waals surface area contributed by atoms with Crippen molar-refractivity contribution in [3.05, 3.63) is 70.0 Å². The monoisotopic (exact) mass is 522 g/mol. The first-order valence-corrected chi connectivity index (χ1v) is 10.2. The third kappa shape index (κ3) is 6.71. The first kappa shape index (κ1) is 23.2. The number of aromatic nitrogens is 1. The number of halogens is 1. The molecular formula is C22H27IN4OS. The van der Waals surface area contributed by atoms with E-state index in [4.69, 9.17) is 9.72 Å². The Morgan fingerprint density at radius 3 is 2.66 bits per heavy atom. The van der Waals surface area contributed by atoms with Crippen LogP contribution in [0.3, 0.4) is 0 Å². The van der Waals surface area contributed by atoms with Gasteiger partial charge in [0, 0.05) is 24.5 Å². The van der Waals surface area contributed by atoms with Crippen LogP contribution in [0.15, 0.2) is 58.9 Å². The van der Waals surface area contributed by atoms with E-state index in [-0.39, 0.29) is 24.0 Å². The van der Waals surface area contributed by atoms with E-state index in [1.54, 1.807) is 25.5 Å². The van der Waals surface area contributed by atoms with Gasteiger partial charge < -0.3 is 15.4 Å². The molecule has 7 heteroatoms. The summed E-state index contributed by atoms with van der Waals surface area (Å²) in [7, 11) is 3.49. The van der Waals surface area contributed by atoms with Gasteiger partial charge in [-0.25, -0.2) is 4.98 Å². The van der Waals surface area contributed by atoms with Crippen LogP contribution in [0.25, 0.3) is 11.3 Å². The predicted octanol–water partition coefficient (Wildman–Crippen LogP) is 4.65. The minimum absolute atomic E-state index is 0. The Labute approximate surface area is 193 Å². The molecule has 154 valence electrons. The molecule has 0 saturated carbocycles. The number of benzene rings is 2. The molecule has 29 heavy (non-hydrogen) atoms. The summed E-state index contributed by atoms with van der Waals surface area (Å²) >= 11 is 1.65. The van der Waals surface area contributed by atoms with Crippen LogP contribution in [0.1, 0.15) is 16.1 Å². The number of hydrogen-bond acceptors (Lipinski definition) is 4. The van der Waals surface area contributed by atoms with Gasteiger partial charge in [0.15, 0.2) is 5.96 Å². The summed E-state index contributed by atoms with van der Waals surface area (Å²) in [5.74, 6) is 1.69. The minimum atomic E-state index is 0. The first-order valence-electron chi connectivity index (χ1n) is 9.27. The molecule has 2 N–H and O–H groups in total. The maximum absolute atomic E-state index is 5.45. The van der Waals surface area contributed by atoms with Gasteiger partial charge >= 0.3 is 0 Å². The fourth-order valence-electron chi connectivity index (χ4n) is 2.93. The number of aryl methyl sites for hydroxylation is 1. The van der Waals surface area contributed by atoms with E-state index in [9.17, 15) is 0 Å². The topological polar surface area (TPSA) is 58.5 Å². The number of thiazole rings is 1. The summed E-state index contributed by atoms with van der Waals surface area (Å²) in [6, 6.07) is 16.5. The van der Waals surface area contributed by atoms with Crippen molar-refractivity contribution in [3.63, 3.8) is 0 Å². The molecule has 0 saturated heterocycles. The molecule has 0 aliphatic heterocycles. The highest BCUT2D eigenvalue weighted by molar-refractivity contribution is 14.0. The zero-order valence-electron chi connectivity index (χ0n) is 16.9. The summed E-state index contributed by atoms with van der Waals surface area (Å²) in [5.41, 5.74) is 4.57. The summed E-state index contributed by atoms with van der Waals surface area (Å²) < 4.78 is 5.45. The Hall–Kier alpha value is -2.13. The highest BCUT2D eigenvalue weighted by Gasteiger charge is 2.07. The standard InChI is InChI=1S/C22H26N4OS.HI/c1-16-9-10-20(27-3)18(13-16)11-12-24-22(23-2)25-14-21-26-19(15-28-21)17-7-5-4-6-8-17;/h4-10,13,15H,11-12,14H2,1-3H3,(H2,23,24,25);1H. The Bertz CT molecular complexity index is 928. The lowest BCUT2D eigenvalue weighted by atomic mass is 10.1. The Morgan fingerprint density at radius 2 is 1.93 bits per heavy atom. The lowest BCUT2D eigenvalue weighted by Crippen LogP contribution is -2.37. The summed E-state index contributed by atoms with van der Waals surface area (Å²) in [6.07, 6.45) is 0.862. The highest BCUT2D eigenvalue weighted by atomic mass is 127. The first-order chi connectivity index (χ1) is 13.7. The van der Waals surface area contributed by atoms with E-state index < -0.39 is 0 Å². The predicted molar refractivity (Wildman–Crippen MR) is 133 cm³/mol. The fraction of sp³-hybridized carbons (Fsp3) is 0.273. The van der Waals surface area contributed by atoms with Crippen LogP contribution in [0.4, 0.5) is 0 Å². The van der Waals surface area contributed by atoms with Gasteiger partial charge in [0.1, 0.15) is 10.8 Å². The molecule has 0 spiro atoms. The van der Waals surface area contributed by atoms with Crippen molar-refractivity contribution in [1.82, 2.24) is 15.6 Å². The largest absolute Gasteiger partial charge is 0.496 e. The Kier molecular flexibility index (Phi) is 9.40. The smallest absolute Gasteiger partial charge is 0.191 e. The van der Waals surface area contributed by atoms with E-state index in [1.807, 2.05) is 24.3 Å². The molecule has 0 aliphatic rings. The molecule has 0 unspecified atom stereocenters. The number of rotatable bonds is 7. The van der Waals surface area contributed by atoms with Gasteiger partial charge in [-0.3, -0.25) is 4.99 Å². The van der Waals surface area contributed by atoms with E-state index in [0.717, 1.165) is 40.9 Å². The van der Waals surface area contributed by atoms with E-state index in [0.29, 0.717) is 6.54 Å². The molecular weight excluding hydrogens is 495 g/mol. The quantitative estimate of drug-likeness (QED) is 0.270. The molecule has 2 aromatic carbocycles. The molecule has 1 heterocycles. The minimum Gasteiger partial charge on any atom is -0.496 e. The second kappa shape index (κ2) is 11.8. The van der Waals surface area contributed by atoms with Crippen molar-refractivity contribution in [2.24, 2.45) is 4.99 Å². The molecule has 5 nitrogen and oxygen atoms in total. The van der Waals surface area contributed by atoms with Crippen LogP contribution in [0, 0.1) is 6.92 Å². The molecule has 3 rings (SSSR count). The van der Waals surface area contributed by atoms with Crippen LogP contribution >= 0.6 is 35.3 Å². The SMILES string of the molecule is CN=C(NCCc1cc(C)ccc1OC)NCc1nc(-c2ccccc2)cs1.I.